The molecular weight excluding hydrogens is 398 g/mol. The van der Waals surface area contributed by atoms with Crippen molar-refractivity contribution in [2.75, 3.05) is 0 Å². The van der Waals surface area contributed by atoms with Gasteiger partial charge in [-0.25, -0.2) is 8.78 Å². The van der Waals surface area contributed by atoms with E-state index in [0.29, 0.717) is 22.0 Å². The Bertz CT molecular complexity index is 1330. The molecule has 0 saturated carbocycles. The van der Waals surface area contributed by atoms with Crippen LogP contribution in [-0.4, -0.2) is 10.5 Å². The van der Waals surface area contributed by atoms with Gasteiger partial charge < -0.3 is 9.88 Å². The van der Waals surface area contributed by atoms with E-state index in [2.05, 4.69) is 5.32 Å². The Kier molecular flexibility index (Phi) is 5.62. The number of amides is 1. The molecule has 3 aromatic carbocycles. The molecule has 6 heteroatoms. The molecule has 1 aromatic heterocycles. The van der Waals surface area contributed by atoms with Gasteiger partial charge in [0.15, 0.2) is 0 Å². The maximum absolute atomic E-state index is 13.9. The molecule has 0 radical (unpaired) electrons. The fraction of sp³-hybridized carbons (Fsp3) is 0.120. The average molecular weight is 418 g/mol. The summed E-state index contributed by atoms with van der Waals surface area (Å²) < 4.78 is 29.0. The molecule has 1 amide bonds. The van der Waals surface area contributed by atoms with Crippen molar-refractivity contribution in [1.29, 1.82) is 0 Å². The Morgan fingerprint density at radius 1 is 0.935 bits per heavy atom. The Hall–Kier alpha value is -3.80. The van der Waals surface area contributed by atoms with Gasteiger partial charge in [0.2, 0.25) is 0 Å². The minimum atomic E-state index is -0.618. The van der Waals surface area contributed by atoms with Gasteiger partial charge in [-0.2, -0.15) is 0 Å². The monoisotopic (exact) mass is 418 g/mol. The lowest BCUT2D eigenvalue weighted by Crippen LogP contribution is -2.31. The van der Waals surface area contributed by atoms with Gasteiger partial charge in [0.25, 0.3) is 11.5 Å². The van der Waals surface area contributed by atoms with Crippen LogP contribution in [0, 0.1) is 11.6 Å². The number of nitrogens with zero attached hydrogens (tertiary/aromatic N) is 1. The number of hydrogen-bond donors (Lipinski definition) is 1. The lowest BCUT2D eigenvalue weighted by molar-refractivity contribution is 0.0938. The second-order valence-corrected chi connectivity index (χ2v) is 7.39. The molecular formula is C25H20F2N2O2. The summed E-state index contributed by atoms with van der Waals surface area (Å²) in [7, 11) is 1.64. The highest BCUT2D eigenvalue weighted by Gasteiger charge is 2.20. The second kappa shape index (κ2) is 8.52. The van der Waals surface area contributed by atoms with E-state index in [-0.39, 0.29) is 23.4 Å². The fourth-order valence-electron chi connectivity index (χ4n) is 3.71. The SMILES string of the molecule is Cn1c(=O)cc(C(=O)NC(Cc2cccc(F)c2)c2cccc(F)c2)c2ccccc21. The highest BCUT2D eigenvalue weighted by molar-refractivity contribution is 6.06. The number of aryl methyl sites for hydroxylation is 1. The Balaban J connectivity index is 1.73. The van der Waals surface area contributed by atoms with Gasteiger partial charge in [-0.15, -0.1) is 0 Å². The first kappa shape index (κ1) is 20.5. The van der Waals surface area contributed by atoms with Crippen molar-refractivity contribution in [2.24, 2.45) is 7.05 Å². The standard InChI is InChI=1S/C25H20F2N2O2/c1-29-23-11-3-2-10-20(23)21(15-24(29)30)25(31)28-22(17-7-5-9-19(27)14-17)13-16-6-4-8-18(26)12-16/h2-12,14-15,22H,13H2,1H3,(H,28,31). The Morgan fingerprint density at radius 3 is 2.39 bits per heavy atom. The molecule has 1 unspecified atom stereocenters. The van der Waals surface area contributed by atoms with Gasteiger partial charge in [0, 0.05) is 18.5 Å². The van der Waals surface area contributed by atoms with Gasteiger partial charge in [-0.1, -0.05) is 42.5 Å². The van der Waals surface area contributed by atoms with E-state index >= 15 is 0 Å². The van der Waals surface area contributed by atoms with E-state index in [1.54, 1.807) is 55.6 Å². The number of rotatable bonds is 5. The Morgan fingerprint density at radius 2 is 1.65 bits per heavy atom. The third-order valence-electron chi connectivity index (χ3n) is 5.28. The zero-order valence-corrected chi connectivity index (χ0v) is 16.8. The van der Waals surface area contributed by atoms with Crippen LogP contribution in [0.3, 0.4) is 0 Å². The molecule has 4 aromatic rings. The number of halogens is 2. The molecule has 4 rings (SSSR count). The number of hydrogen-bond acceptors (Lipinski definition) is 2. The number of aromatic nitrogens is 1. The summed E-state index contributed by atoms with van der Waals surface area (Å²) in [4.78, 5) is 25.6. The first-order valence-corrected chi connectivity index (χ1v) is 9.82. The molecule has 0 aliphatic heterocycles. The van der Waals surface area contributed by atoms with Crippen LogP contribution in [0.25, 0.3) is 10.9 Å². The van der Waals surface area contributed by atoms with Crippen molar-refractivity contribution in [2.45, 2.75) is 12.5 Å². The molecule has 156 valence electrons. The van der Waals surface area contributed by atoms with Crippen molar-refractivity contribution in [3.05, 3.63) is 118 Å². The molecule has 0 fully saturated rings. The van der Waals surface area contributed by atoms with E-state index in [1.807, 2.05) is 0 Å². The molecule has 0 aliphatic rings. The molecule has 0 bridgehead atoms. The second-order valence-electron chi connectivity index (χ2n) is 7.39. The van der Waals surface area contributed by atoms with Crippen LogP contribution in [0.2, 0.25) is 0 Å². The summed E-state index contributed by atoms with van der Waals surface area (Å²) in [6, 6.07) is 19.8. The van der Waals surface area contributed by atoms with Gasteiger partial charge in [0.05, 0.1) is 17.1 Å². The average Bonchev–Trinajstić information content (AvgIpc) is 2.76. The van der Waals surface area contributed by atoms with E-state index in [9.17, 15) is 18.4 Å². The van der Waals surface area contributed by atoms with Crippen LogP contribution in [0.1, 0.15) is 27.5 Å². The van der Waals surface area contributed by atoms with Crippen molar-refractivity contribution in [1.82, 2.24) is 9.88 Å². The molecule has 0 aliphatic carbocycles. The third-order valence-corrected chi connectivity index (χ3v) is 5.28. The quantitative estimate of drug-likeness (QED) is 0.518. The highest BCUT2D eigenvalue weighted by Crippen LogP contribution is 2.22. The zero-order valence-electron chi connectivity index (χ0n) is 16.8. The number of nitrogens with one attached hydrogen (secondary N) is 1. The Labute approximate surface area is 177 Å². The summed E-state index contributed by atoms with van der Waals surface area (Å²) in [6.45, 7) is 0. The molecule has 31 heavy (non-hydrogen) atoms. The topological polar surface area (TPSA) is 51.1 Å². The molecule has 4 nitrogen and oxygen atoms in total. The van der Waals surface area contributed by atoms with Crippen molar-refractivity contribution in [3.8, 4) is 0 Å². The number of fused-ring (bicyclic) bond motifs is 1. The van der Waals surface area contributed by atoms with Crippen LogP contribution < -0.4 is 10.9 Å². The zero-order chi connectivity index (χ0) is 22.0. The van der Waals surface area contributed by atoms with E-state index in [1.165, 1.54) is 34.9 Å². The van der Waals surface area contributed by atoms with Crippen LogP contribution in [0.5, 0.6) is 0 Å². The smallest absolute Gasteiger partial charge is 0.252 e. The van der Waals surface area contributed by atoms with E-state index in [4.69, 9.17) is 0 Å². The van der Waals surface area contributed by atoms with Crippen molar-refractivity contribution in [3.63, 3.8) is 0 Å². The van der Waals surface area contributed by atoms with E-state index in [0.717, 1.165) is 0 Å². The summed E-state index contributed by atoms with van der Waals surface area (Å²) in [5, 5.41) is 3.54. The lowest BCUT2D eigenvalue weighted by atomic mass is 9.97. The summed E-state index contributed by atoms with van der Waals surface area (Å²) in [5.74, 6) is -1.28. The van der Waals surface area contributed by atoms with Crippen LogP contribution in [0.4, 0.5) is 8.78 Å². The van der Waals surface area contributed by atoms with Crippen LogP contribution in [0.15, 0.2) is 83.7 Å². The van der Waals surface area contributed by atoms with E-state index < -0.39 is 17.8 Å². The molecule has 1 heterocycles. The predicted octanol–water partition coefficient (Wildman–Crippen LogP) is 4.53. The number of benzene rings is 3. The van der Waals surface area contributed by atoms with Crippen molar-refractivity contribution < 1.29 is 13.6 Å². The maximum atomic E-state index is 13.9. The normalized spacial score (nSPS) is 12.0. The molecule has 1 N–H and O–H groups in total. The summed E-state index contributed by atoms with van der Waals surface area (Å²) in [5.41, 5.74) is 1.76. The van der Waals surface area contributed by atoms with Crippen LogP contribution >= 0.6 is 0 Å². The first-order chi connectivity index (χ1) is 14.9. The summed E-state index contributed by atoms with van der Waals surface area (Å²) >= 11 is 0. The predicted molar refractivity (Wildman–Crippen MR) is 116 cm³/mol. The fourth-order valence-corrected chi connectivity index (χ4v) is 3.71. The lowest BCUT2D eigenvalue weighted by Gasteiger charge is -2.20. The molecule has 1 atom stereocenters. The van der Waals surface area contributed by atoms with Gasteiger partial charge >= 0.3 is 0 Å². The maximum Gasteiger partial charge on any atom is 0.252 e. The minimum Gasteiger partial charge on any atom is -0.345 e. The first-order valence-electron chi connectivity index (χ1n) is 9.82. The molecule has 0 saturated heterocycles. The minimum absolute atomic E-state index is 0.236. The third kappa shape index (κ3) is 4.38. The highest BCUT2D eigenvalue weighted by atomic mass is 19.1. The van der Waals surface area contributed by atoms with Gasteiger partial charge in [-0.05, 0) is 47.9 Å². The molecule has 0 spiro atoms. The number of carbonyl (C=O) groups excluding carboxylic acids is 1. The van der Waals surface area contributed by atoms with Crippen LogP contribution in [-0.2, 0) is 13.5 Å². The summed E-state index contributed by atoms with van der Waals surface area (Å²) in [6.07, 6.45) is 0.260. The van der Waals surface area contributed by atoms with Gasteiger partial charge in [-0.3, -0.25) is 9.59 Å². The number of carbonyl (C=O) groups is 1. The van der Waals surface area contributed by atoms with Gasteiger partial charge in [0.1, 0.15) is 11.6 Å². The number of para-hydroxylation sites is 1. The van der Waals surface area contributed by atoms with Crippen molar-refractivity contribution >= 4 is 16.8 Å². The number of pyridine rings is 1. The largest absolute Gasteiger partial charge is 0.345 e.